The fraction of sp³-hybridized carbons (Fsp3) is 0.388. The molecule has 9 aromatic heterocycles. The third-order valence-corrected chi connectivity index (χ3v) is 15.4. The number of hydrogen-bond donors (Lipinski definition) is 10. The number of H-pyrrole nitrogens is 1. The Morgan fingerprint density at radius 2 is 1.10 bits per heavy atom. The number of halogens is 1. The van der Waals surface area contributed by atoms with Gasteiger partial charge in [-0.15, -0.1) is 34.0 Å². The van der Waals surface area contributed by atoms with Crippen LogP contribution in [0.4, 0.5) is 28.8 Å². The first-order chi connectivity index (χ1) is 35.2. The van der Waals surface area contributed by atoms with Crippen molar-refractivity contribution in [2.75, 3.05) is 60.7 Å². The van der Waals surface area contributed by atoms with Crippen LogP contribution < -0.4 is 33.6 Å². The molecule has 0 bridgehead atoms. The molecule has 20 nitrogen and oxygen atoms in total. The van der Waals surface area contributed by atoms with Gasteiger partial charge < -0.3 is 58.4 Å². The number of pyridine rings is 3. The number of anilines is 5. The lowest BCUT2D eigenvalue weighted by atomic mass is 10.2. The topological polar surface area (TPSA) is 310 Å². The van der Waals surface area contributed by atoms with E-state index in [9.17, 15) is 10.2 Å². The maximum atomic E-state index is 9.56. The lowest BCUT2D eigenvalue weighted by Crippen LogP contribution is -2.19. The lowest BCUT2D eigenvalue weighted by Gasteiger charge is -2.24. The fourth-order valence-electron chi connectivity index (χ4n) is 7.95. The van der Waals surface area contributed by atoms with Crippen LogP contribution in [0.3, 0.4) is 0 Å². The monoisotopic (exact) mass is 1070 g/mol. The van der Waals surface area contributed by atoms with E-state index in [-0.39, 0.29) is 18.6 Å². The van der Waals surface area contributed by atoms with Crippen LogP contribution in [-0.4, -0.2) is 111 Å². The Kier molecular flexibility index (Phi) is 18.1. The smallest absolute Gasteiger partial charge is 0.150 e. The molecule has 2 fully saturated rings. The number of aromatic nitrogens is 9. The van der Waals surface area contributed by atoms with Crippen molar-refractivity contribution in [3.63, 3.8) is 0 Å². The molecule has 73 heavy (non-hydrogen) atoms. The molecule has 388 valence electrons. The zero-order valence-electron chi connectivity index (χ0n) is 40.7. The van der Waals surface area contributed by atoms with Gasteiger partial charge in [-0.3, -0.25) is 5.10 Å². The maximum Gasteiger partial charge on any atom is 0.150 e. The van der Waals surface area contributed by atoms with E-state index in [2.05, 4.69) is 46.0 Å². The molecule has 2 saturated heterocycles. The van der Waals surface area contributed by atoms with Crippen LogP contribution in [0.2, 0.25) is 5.02 Å². The normalized spacial score (nSPS) is 16.9. The van der Waals surface area contributed by atoms with Crippen LogP contribution >= 0.6 is 45.6 Å². The SMILES string of the molecule is C[C@@H](O)CN.C[C@@H](O)CNc1cc(N)nc2cc(-c3ccn[nH]3)sc12.C[C@@H](O)CNc1cc(N)nc2cc(-c3ccnn3C3CCCCO3)sc12.Nc1cc(Cl)c2sc(-c3ccnn3C3CCCCO3)cc2n1. The van der Waals surface area contributed by atoms with Crippen molar-refractivity contribution in [1.82, 2.24) is 44.7 Å². The van der Waals surface area contributed by atoms with Gasteiger partial charge in [0.2, 0.25) is 0 Å². The molecule has 9 aromatic rings. The number of nitrogens with zero attached hydrogens (tertiary/aromatic N) is 8. The molecule has 5 atom stereocenters. The zero-order valence-corrected chi connectivity index (χ0v) is 43.9. The van der Waals surface area contributed by atoms with Crippen molar-refractivity contribution < 1.29 is 24.8 Å². The van der Waals surface area contributed by atoms with Crippen molar-refractivity contribution in [1.29, 1.82) is 0 Å². The molecule has 24 heteroatoms. The van der Waals surface area contributed by atoms with Crippen molar-refractivity contribution in [2.45, 2.75) is 90.1 Å². The standard InChI is InChI=1S/C18H23N5O2S.C15H15ClN4OS.C13H15N5OS.C3H9NO/c1-11(24)10-20-12-9-16(19)22-13-8-15(26-18(12)13)14-5-6-21-23(14)17-4-2-3-7-25-17;16-9-7-13(17)19-10-8-12(22-15(9)10)11-4-5-18-20(11)14-3-1-2-6-21-14;1-7(19)6-15-9-5-12(14)17-10-4-11(20-13(9)10)8-2-3-16-18-8;1-3(5)2-4/h5-6,8-9,11,17,24H,2-4,7,10H2,1H3,(H3,19,20,22);4-5,7-8,14H,1-3,6H2,(H2,17,19);2-5,7,19H,6H2,1H3,(H,16,18)(H3,14,15,17);3,5H,2,4H2,1H3/t11-,17?;;7-;3-/m1.11/s1. The highest BCUT2D eigenvalue weighted by Crippen LogP contribution is 2.41. The first kappa shape index (κ1) is 53.3. The van der Waals surface area contributed by atoms with Crippen molar-refractivity contribution in [3.05, 3.63) is 78.2 Å². The summed E-state index contributed by atoms with van der Waals surface area (Å²) in [6, 6.07) is 17.2. The van der Waals surface area contributed by atoms with Crippen LogP contribution in [0, 0.1) is 0 Å². The molecule has 11 rings (SSSR count). The summed E-state index contributed by atoms with van der Waals surface area (Å²) in [4.78, 5) is 16.4. The summed E-state index contributed by atoms with van der Waals surface area (Å²) in [7, 11) is 0. The van der Waals surface area contributed by atoms with Crippen molar-refractivity contribution in [2.24, 2.45) is 5.73 Å². The number of nitrogens with one attached hydrogen (secondary N) is 3. The molecule has 0 spiro atoms. The quantitative estimate of drug-likeness (QED) is 0.0547. The second kappa shape index (κ2) is 24.8. The number of aliphatic hydroxyl groups excluding tert-OH is 3. The lowest BCUT2D eigenvalue weighted by molar-refractivity contribution is -0.0384. The van der Waals surface area contributed by atoms with Gasteiger partial charge in [-0.1, -0.05) is 11.6 Å². The molecule has 2 aliphatic rings. The Bertz CT molecular complexity index is 3170. The Morgan fingerprint density at radius 3 is 1.53 bits per heavy atom. The summed E-state index contributed by atoms with van der Waals surface area (Å²) in [5.41, 5.74) is 29.8. The molecule has 11 heterocycles. The highest BCUT2D eigenvalue weighted by Gasteiger charge is 2.23. The zero-order chi connectivity index (χ0) is 51.6. The van der Waals surface area contributed by atoms with E-state index in [4.69, 9.17) is 49.1 Å². The summed E-state index contributed by atoms with van der Waals surface area (Å²) >= 11 is 11.1. The van der Waals surface area contributed by atoms with Gasteiger partial charge in [-0.25, -0.2) is 24.3 Å². The highest BCUT2D eigenvalue weighted by atomic mass is 35.5. The van der Waals surface area contributed by atoms with Gasteiger partial charge in [0.25, 0.3) is 0 Å². The van der Waals surface area contributed by atoms with E-state index in [0.717, 1.165) is 119 Å². The van der Waals surface area contributed by atoms with E-state index >= 15 is 0 Å². The predicted octanol–water partition coefficient (Wildman–Crippen LogP) is 8.72. The number of aliphatic hydroxyl groups is 3. The second-order valence-electron chi connectivity index (χ2n) is 17.7. The molecule has 0 aliphatic carbocycles. The Labute approximate surface area is 438 Å². The number of aromatic amines is 1. The van der Waals surface area contributed by atoms with E-state index in [0.29, 0.717) is 42.1 Å². The van der Waals surface area contributed by atoms with Crippen LogP contribution in [0.25, 0.3) is 62.4 Å². The van der Waals surface area contributed by atoms with Gasteiger partial charge in [0, 0.05) is 69.6 Å². The third-order valence-electron chi connectivity index (χ3n) is 11.4. The maximum absolute atomic E-state index is 9.56. The molecule has 2 aliphatic heterocycles. The summed E-state index contributed by atoms with van der Waals surface area (Å²) in [5, 5.41) is 50.1. The number of rotatable bonds is 12. The van der Waals surface area contributed by atoms with Crippen LogP contribution in [-0.2, 0) is 9.47 Å². The van der Waals surface area contributed by atoms with E-state index in [1.165, 1.54) is 6.42 Å². The summed E-state index contributed by atoms with van der Waals surface area (Å²) in [5.74, 6) is 1.35. The minimum absolute atomic E-state index is 0.00942. The van der Waals surface area contributed by atoms with Crippen molar-refractivity contribution in [3.8, 4) is 31.7 Å². The second-order valence-corrected chi connectivity index (χ2v) is 21.2. The van der Waals surface area contributed by atoms with Crippen LogP contribution in [0.15, 0.2) is 73.2 Å². The molecule has 0 saturated carbocycles. The first-order valence-electron chi connectivity index (χ1n) is 24.0. The molecule has 14 N–H and O–H groups in total. The van der Waals surface area contributed by atoms with Gasteiger partial charge in [0.05, 0.1) is 97.1 Å². The predicted molar refractivity (Wildman–Crippen MR) is 296 cm³/mol. The molecule has 2 unspecified atom stereocenters. The summed E-state index contributed by atoms with van der Waals surface area (Å²) in [6.07, 6.45) is 10.7. The van der Waals surface area contributed by atoms with E-state index in [1.807, 2.05) is 58.0 Å². The van der Waals surface area contributed by atoms with Crippen molar-refractivity contribution >= 4 is 105 Å². The fourth-order valence-corrected chi connectivity index (χ4v) is 11.5. The van der Waals surface area contributed by atoms with Crippen LogP contribution in [0.1, 0.15) is 71.8 Å². The molecular formula is C49H62ClN15O5S3. The Balaban J connectivity index is 0.000000141. The van der Waals surface area contributed by atoms with E-state index in [1.54, 1.807) is 79.3 Å². The molecule has 0 amide bonds. The van der Waals surface area contributed by atoms with Gasteiger partial charge in [-0.05, 0) is 95.7 Å². The Morgan fingerprint density at radius 1 is 0.644 bits per heavy atom. The summed E-state index contributed by atoms with van der Waals surface area (Å²) in [6.45, 7) is 7.99. The van der Waals surface area contributed by atoms with Gasteiger partial charge >= 0.3 is 0 Å². The molecule has 0 radical (unpaired) electrons. The number of hydrogen-bond acceptors (Lipinski definition) is 20. The highest BCUT2D eigenvalue weighted by molar-refractivity contribution is 7.23. The number of fused-ring (bicyclic) bond motifs is 3. The minimum atomic E-state index is -0.441. The van der Waals surface area contributed by atoms with E-state index < -0.39 is 12.2 Å². The average molecular weight is 1070 g/mol. The van der Waals surface area contributed by atoms with Crippen LogP contribution in [0.5, 0.6) is 0 Å². The number of ether oxygens (including phenoxy) is 2. The number of thiophene rings is 3. The first-order valence-corrected chi connectivity index (χ1v) is 26.9. The number of nitrogens with two attached hydrogens (primary N) is 4. The Hall–Kier alpha value is -5.99. The van der Waals surface area contributed by atoms with Gasteiger partial charge in [0.1, 0.15) is 17.5 Å². The number of nitrogen functional groups attached to an aromatic ring is 3. The molecular weight excluding hydrogens is 1010 g/mol. The largest absolute Gasteiger partial charge is 0.392 e. The van der Waals surface area contributed by atoms with Gasteiger partial charge in [0.15, 0.2) is 12.5 Å². The summed E-state index contributed by atoms with van der Waals surface area (Å²) < 4.78 is 18.7. The minimum Gasteiger partial charge on any atom is -0.392 e. The average Bonchev–Trinajstić information content (AvgIpc) is 4.24. The molecule has 0 aromatic carbocycles. The van der Waals surface area contributed by atoms with Gasteiger partial charge in [-0.2, -0.15) is 15.3 Å². The third kappa shape index (κ3) is 13.6.